The highest BCUT2D eigenvalue weighted by molar-refractivity contribution is 5.85. The number of hydrogen-bond donors (Lipinski definition) is 2. The van der Waals surface area contributed by atoms with Crippen LogP contribution in [0.5, 0.6) is 11.5 Å². The lowest BCUT2D eigenvalue weighted by atomic mass is 10.1. The highest BCUT2D eigenvalue weighted by Crippen LogP contribution is 2.27. The van der Waals surface area contributed by atoms with E-state index >= 15 is 0 Å². The predicted octanol–water partition coefficient (Wildman–Crippen LogP) is 4.10. The van der Waals surface area contributed by atoms with Crippen molar-refractivity contribution < 1.29 is 19.4 Å². The van der Waals surface area contributed by atoms with Gasteiger partial charge < -0.3 is 29.7 Å². The van der Waals surface area contributed by atoms with Gasteiger partial charge in [-0.2, -0.15) is 4.98 Å². The van der Waals surface area contributed by atoms with Crippen molar-refractivity contribution >= 4 is 23.5 Å². The van der Waals surface area contributed by atoms with E-state index in [9.17, 15) is 9.90 Å². The van der Waals surface area contributed by atoms with Crippen LogP contribution in [0.4, 0.5) is 22.2 Å². The zero-order valence-electron chi connectivity index (χ0n) is 22.4. The zero-order valence-corrected chi connectivity index (χ0v) is 22.4. The summed E-state index contributed by atoms with van der Waals surface area (Å²) >= 11 is 0. The van der Waals surface area contributed by atoms with Crippen molar-refractivity contribution in [1.82, 2.24) is 19.8 Å². The van der Waals surface area contributed by atoms with Crippen molar-refractivity contribution in [3.63, 3.8) is 0 Å². The molecule has 0 aliphatic carbocycles. The maximum Gasteiger partial charge on any atom is 0.413 e. The molecule has 1 amide bonds. The number of rotatable bonds is 10. The number of ether oxygens (including phenoxy) is 2. The molecule has 2 N–H and O–H groups in total. The van der Waals surface area contributed by atoms with Gasteiger partial charge in [-0.05, 0) is 62.4 Å². The molecular formula is C28H36N6O4. The summed E-state index contributed by atoms with van der Waals surface area (Å²) < 4.78 is 10.7. The fourth-order valence-corrected chi connectivity index (χ4v) is 4.48. The van der Waals surface area contributed by atoms with E-state index < -0.39 is 6.09 Å². The predicted molar refractivity (Wildman–Crippen MR) is 148 cm³/mol. The maximum absolute atomic E-state index is 12.1. The standard InChI is InChI=1S/C28H36N6O4/c1-20-18-33(16-15-32(20)2)14-12-21-5-7-23(8-6-21)30-27-29-13-11-26(31-27)34(28(35)36)19-22-17-24(37-3)9-10-25(22)38-4/h5-11,13,17,20H,12,14-16,18-19H2,1-4H3,(H,35,36)(H,29,30,31). The van der Waals surface area contributed by atoms with Crippen LogP contribution in [0.2, 0.25) is 0 Å². The Labute approximate surface area is 223 Å². The molecule has 1 aromatic heterocycles. The summed E-state index contributed by atoms with van der Waals surface area (Å²) in [5.41, 5.74) is 2.75. The van der Waals surface area contributed by atoms with E-state index in [1.54, 1.807) is 38.5 Å². The monoisotopic (exact) mass is 520 g/mol. The van der Waals surface area contributed by atoms with Gasteiger partial charge in [0.25, 0.3) is 0 Å². The average Bonchev–Trinajstić information content (AvgIpc) is 2.93. The van der Waals surface area contributed by atoms with Crippen LogP contribution in [0.3, 0.4) is 0 Å². The van der Waals surface area contributed by atoms with E-state index in [1.165, 1.54) is 11.8 Å². The van der Waals surface area contributed by atoms with Crippen LogP contribution in [0.25, 0.3) is 0 Å². The molecule has 4 rings (SSSR count). The molecular weight excluding hydrogens is 484 g/mol. The number of hydrogen-bond acceptors (Lipinski definition) is 8. The maximum atomic E-state index is 12.1. The van der Waals surface area contributed by atoms with Crippen LogP contribution < -0.4 is 19.7 Å². The SMILES string of the molecule is COc1ccc(OC)c(CN(C(=O)O)c2ccnc(Nc3ccc(CCN4CCN(C)C(C)C4)cc3)n2)c1. The van der Waals surface area contributed by atoms with Gasteiger partial charge in [0.1, 0.15) is 17.3 Å². The minimum Gasteiger partial charge on any atom is -0.497 e. The third-order valence-corrected chi connectivity index (χ3v) is 6.93. The summed E-state index contributed by atoms with van der Waals surface area (Å²) in [4.78, 5) is 26.9. The van der Waals surface area contributed by atoms with Crippen molar-refractivity contribution in [2.45, 2.75) is 25.9 Å². The number of carboxylic acid groups (broad SMARTS) is 1. The van der Waals surface area contributed by atoms with Gasteiger partial charge in [-0.1, -0.05) is 12.1 Å². The lowest BCUT2D eigenvalue weighted by molar-refractivity contribution is 0.106. The lowest BCUT2D eigenvalue weighted by Crippen LogP contribution is -2.50. The summed E-state index contributed by atoms with van der Waals surface area (Å²) in [7, 11) is 5.29. The number of benzene rings is 2. The first kappa shape index (κ1) is 27.2. The van der Waals surface area contributed by atoms with Gasteiger partial charge in [0.2, 0.25) is 5.95 Å². The molecule has 10 heteroatoms. The number of carbonyl (C=O) groups is 1. The average molecular weight is 521 g/mol. The summed E-state index contributed by atoms with van der Waals surface area (Å²) in [6.07, 6.45) is 1.39. The Morgan fingerprint density at radius 3 is 2.61 bits per heavy atom. The van der Waals surface area contributed by atoms with Crippen molar-refractivity contribution in [2.24, 2.45) is 0 Å². The Morgan fingerprint density at radius 2 is 1.92 bits per heavy atom. The largest absolute Gasteiger partial charge is 0.497 e. The zero-order chi connectivity index (χ0) is 27.1. The molecule has 3 aromatic rings. The molecule has 1 aliphatic rings. The molecule has 1 fully saturated rings. The van der Waals surface area contributed by atoms with E-state index in [2.05, 4.69) is 51.2 Å². The lowest BCUT2D eigenvalue weighted by Gasteiger charge is -2.37. The van der Waals surface area contributed by atoms with Gasteiger partial charge in [-0.25, -0.2) is 9.78 Å². The highest BCUT2D eigenvalue weighted by atomic mass is 16.5. The second-order valence-corrected chi connectivity index (χ2v) is 9.49. The number of methoxy groups -OCH3 is 2. The second-order valence-electron chi connectivity index (χ2n) is 9.49. The third-order valence-electron chi connectivity index (χ3n) is 6.93. The molecule has 0 bridgehead atoms. The van der Waals surface area contributed by atoms with Gasteiger partial charge in [0.05, 0.1) is 20.8 Å². The topological polar surface area (TPSA) is 103 Å². The van der Waals surface area contributed by atoms with Gasteiger partial charge in [-0.3, -0.25) is 4.90 Å². The van der Waals surface area contributed by atoms with E-state index in [1.807, 2.05) is 12.1 Å². The Kier molecular flexibility index (Phi) is 8.98. The summed E-state index contributed by atoms with van der Waals surface area (Å²) in [6, 6.07) is 15.6. The number of nitrogens with zero attached hydrogens (tertiary/aromatic N) is 5. The number of piperazine rings is 1. The molecule has 0 saturated carbocycles. The van der Waals surface area contributed by atoms with Gasteiger partial charge in [0.15, 0.2) is 0 Å². The number of nitrogens with one attached hydrogen (secondary N) is 1. The molecule has 0 radical (unpaired) electrons. The first-order chi connectivity index (χ1) is 18.4. The normalized spacial score (nSPS) is 16.2. The van der Waals surface area contributed by atoms with Crippen LogP contribution in [0, 0.1) is 0 Å². The van der Waals surface area contributed by atoms with E-state index in [0.717, 1.165) is 43.2 Å². The number of amides is 1. The Bertz CT molecular complexity index is 1220. The smallest absolute Gasteiger partial charge is 0.413 e. The molecule has 1 unspecified atom stereocenters. The van der Waals surface area contributed by atoms with Crippen molar-refractivity contribution in [1.29, 1.82) is 0 Å². The highest BCUT2D eigenvalue weighted by Gasteiger charge is 2.21. The molecule has 202 valence electrons. The minimum atomic E-state index is -1.14. The summed E-state index contributed by atoms with van der Waals surface area (Å²) in [5, 5.41) is 13.1. The molecule has 2 heterocycles. The van der Waals surface area contributed by atoms with Crippen LogP contribution >= 0.6 is 0 Å². The van der Waals surface area contributed by atoms with Crippen molar-refractivity contribution in [2.75, 3.05) is 57.7 Å². The molecule has 1 atom stereocenters. The Morgan fingerprint density at radius 1 is 1.13 bits per heavy atom. The quantitative estimate of drug-likeness (QED) is 0.409. The van der Waals surface area contributed by atoms with Crippen LogP contribution in [-0.2, 0) is 13.0 Å². The number of anilines is 3. The minimum absolute atomic E-state index is 0.0347. The Hall–Kier alpha value is -3.89. The molecule has 38 heavy (non-hydrogen) atoms. The number of likely N-dealkylation sites (N-methyl/N-ethyl adjacent to an activating group) is 1. The van der Waals surface area contributed by atoms with Crippen LogP contribution in [0.1, 0.15) is 18.1 Å². The molecule has 1 aliphatic heterocycles. The fraction of sp³-hybridized carbons (Fsp3) is 0.393. The van der Waals surface area contributed by atoms with Crippen molar-refractivity contribution in [3.05, 3.63) is 65.9 Å². The van der Waals surface area contributed by atoms with E-state index in [4.69, 9.17) is 9.47 Å². The third kappa shape index (κ3) is 6.90. The van der Waals surface area contributed by atoms with E-state index in [-0.39, 0.29) is 12.4 Å². The number of aromatic nitrogens is 2. The molecule has 2 aromatic carbocycles. The first-order valence-electron chi connectivity index (χ1n) is 12.7. The van der Waals surface area contributed by atoms with Crippen LogP contribution in [0.15, 0.2) is 54.7 Å². The molecule has 0 spiro atoms. The molecule has 10 nitrogen and oxygen atoms in total. The van der Waals surface area contributed by atoms with Crippen molar-refractivity contribution in [3.8, 4) is 11.5 Å². The Balaban J connectivity index is 1.41. The fourth-order valence-electron chi connectivity index (χ4n) is 4.48. The van der Waals surface area contributed by atoms with Gasteiger partial charge in [-0.15, -0.1) is 0 Å². The van der Waals surface area contributed by atoms with E-state index in [0.29, 0.717) is 29.1 Å². The van der Waals surface area contributed by atoms with Crippen LogP contribution in [-0.4, -0.2) is 84.5 Å². The summed E-state index contributed by atoms with van der Waals surface area (Å²) in [5.74, 6) is 1.73. The van der Waals surface area contributed by atoms with Gasteiger partial charge >= 0.3 is 6.09 Å². The first-order valence-corrected chi connectivity index (χ1v) is 12.7. The molecule has 1 saturated heterocycles. The second kappa shape index (κ2) is 12.6. The summed E-state index contributed by atoms with van der Waals surface area (Å²) in [6.45, 7) is 6.66. The van der Waals surface area contributed by atoms with Gasteiger partial charge in [0, 0.05) is 49.7 Å².